The summed E-state index contributed by atoms with van der Waals surface area (Å²) in [5.41, 5.74) is 1.75. The summed E-state index contributed by atoms with van der Waals surface area (Å²) in [4.78, 5) is 0. The Morgan fingerprint density at radius 1 is 1.11 bits per heavy atom. The van der Waals surface area contributed by atoms with Gasteiger partial charge in [0.2, 0.25) is 0 Å². The maximum atomic E-state index is 13.2. The smallest absolute Gasteiger partial charge is 0.123 e. The lowest BCUT2D eigenvalue weighted by molar-refractivity contribution is 0.569. The van der Waals surface area contributed by atoms with Crippen LogP contribution in [-0.2, 0) is 6.54 Å². The molecule has 2 rings (SSSR count). The third kappa shape index (κ3) is 3.69. The van der Waals surface area contributed by atoms with Crippen LogP contribution in [0.4, 0.5) is 4.39 Å². The molecule has 1 atom stereocenters. The summed E-state index contributed by atoms with van der Waals surface area (Å²) in [6, 6.07) is 12.1. The third-order valence-electron chi connectivity index (χ3n) is 2.98. The van der Waals surface area contributed by atoms with Gasteiger partial charge in [0.05, 0.1) is 0 Å². The van der Waals surface area contributed by atoms with Crippen LogP contribution >= 0.6 is 23.2 Å². The molecule has 1 nitrogen and oxygen atoms in total. The van der Waals surface area contributed by atoms with Gasteiger partial charge in [0.15, 0.2) is 0 Å². The molecular formula is C15H14Cl2FN. The van der Waals surface area contributed by atoms with E-state index >= 15 is 0 Å². The summed E-state index contributed by atoms with van der Waals surface area (Å²) in [6.45, 7) is 2.50. The minimum atomic E-state index is -0.286. The number of hydrogen-bond donors (Lipinski definition) is 1. The van der Waals surface area contributed by atoms with Crippen molar-refractivity contribution in [3.63, 3.8) is 0 Å². The van der Waals surface area contributed by atoms with Crippen LogP contribution in [0, 0.1) is 5.82 Å². The lowest BCUT2D eigenvalue weighted by atomic mass is 10.1. The Morgan fingerprint density at radius 2 is 1.84 bits per heavy atom. The minimum absolute atomic E-state index is 0.0630. The predicted molar refractivity (Wildman–Crippen MR) is 78.1 cm³/mol. The van der Waals surface area contributed by atoms with Crippen molar-refractivity contribution >= 4 is 23.2 Å². The number of nitrogens with one attached hydrogen (secondary N) is 1. The molecule has 2 aromatic rings. The first kappa shape index (κ1) is 14.3. The van der Waals surface area contributed by atoms with Crippen LogP contribution in [0.15, 0.2) is 42.5 Å². The zero-order chi connectivity index (χ0) is 13.8. The Kier molecular flexibility index (Phi) is 4.81. The van der Waals surface area contributed by atoms with E-state index in [9.17, 15) is 4.39 Å². The highest BCUT2D eigenvalue weighted by Gasteiger charge is 2.09. The average molecular weight is 298 g/mol. The van der Waals surface area contributed by atoms with E-state index < -0.39 is 0 Å². The van der Waals surface area contributed by atoms with Gasteiger partial charge in [0, 0.05) is 22.6 Å². The lowest BCUT2D eigenvalue weighted by Gasteiger charge is -2.16. The molecule has 0 heterocycles. The standard InChI is InChI=1S/C15H14Cl2FN/c1-10(13-4-2-3-5-15(13)17)19-9-11-8-12(18)6-7-14(11)16/h2-8,10,19H,9H2,1H3. The van der Waals surface area contributed by atoms with Crippen molar-refractivity contribution in [1.29, 1.82) is 0 Å². The molecule has 0 amide bonds. The topological polar surface area (TPSA) is 12.0 Å². The zero-order valence-corrected chi connectivity index (χ0v) is 12.0. The van der Waals surface area contributed by atoms with Crippen LogP contribution < -0.4 is 5.32 Å². The summed E-state index contributed by atoms with van der Waals surface area (Å²) in [5, 5.41) is 4.56. The Bertz CT molecular complexity index is 572. The second kappa shape index (κ2) is 6.38. The molecule has 0 bridgehead atoms. The molecule has 0 aliphatic heterocycles. The maximum Gasteiger partial charge on any atom is 0.123 e. The Hall–Kier alpha value is -1.09. The molecule has 0 aromatic heterocycles. The summed E-state index contributed by atoms with van der Waals surface area (Å²) >= 11 is 12.2. The summed E-state index contributed by atoms with van der Waals surface area (Å²) in [6.07, 6.45) is 0. The van der Waals surface area contributed by atoms with Crippen LogP contribution in [0.2, 0.25) is 10.0 Å². The molecule has 0 fully saturated rings. The molecule has 0 saturated carbocycles. The monoisotopic (exact) mass is 297 g/mol. The molecule has 19 heavy (non-hydrogen) atoms. The molecule has 100 valence electrons. The van der Waals surface area contributed by atoms with Crippen LogP contribution in [0.3, 0.4) is 0 Å². The van der Waals surface area contributed by atoms with Crippen LogP contribution in [0.5, 0.6) is 0 Å². The van der Waals surface area contributed by atoms with Crippen molar-refractivity contribution in [3.05, 3.63) is 69.5 Å². The highest BCUT2D eigenvalue weighted by molar-refractivity contribution is 6.31. The fourth-order valence-electron chi connectivity index (χ4n) is 1.88. The second-order valence-electron chi connectivity index (χ2n) is 4.36. The van der Waals surface area contributed by atoms with E-state index in [2.05, 4.69) is 5.32 Å². The Balaban J connectivity index is 2.06. The van der Waals surface area contributed by atoms with Crippen LogP contribution in [0.25, 0.3) is 0 Å². The predicted octanol–water partition coefficient (Wildman–Crippen LogP) is 4.98. The Morgan fingerprint density at radius 3 is 2.58 bits per heavy atom. The first-order valence-corrected chi connectivity index (χ1v) is 6.75. The molecule has 0 spiro atoms. The average Bonchev–Trinajstić information content (AvgIpc) is 2.40. The van der Waals surface area contributed by atoms with Gasteiger partial charge in [-0.1, -0.05) is 41.4 Å². The Labute approximate surface area is 122 Å². The van der Waals surface area contributed by atoms with E-state index in [1.54, 1.807) is 6.07 Å². The van der Waals surface area contributed by atoms with E-state index in [1.165, 1.54) is 12.1 Å². The number of hydrogen-bond acceptors (Lipinski definition) is 1. The van der Waals surface area contributed by atoms with Crippen LogP contribution in [-0.4, -0.2) is 0 Å². The maximum absolute atomic E-state index is 13.2. The summed E-state index contributed by atoms with van der Waals surface area (Å²) < 4.78 is 13.2. The molecule has 0 radical (unpaired) electrons. The van der Waals surface area contributed by atoms with Gasteiger partial charge < -0.3 is 5.32 Å². The van der Waals surface area contributed by atoms with Crippen molar-refractivity contribution in [2.75, 3.05) is 0 Å². The van der Waals surface area contributed by atoms with Crippen molar-refractivity contribution < 1.29 is 4.39 Å². The van der Waals surface area contributed by atoms with Gasteiger partial charge in [-0.15, -0.1) is 0 Å². The van der Waals surface area contributed by atoms with Gasteiger partial charge in [-0.2, -0.15) is 0 Å². The van der Waals surface area contributed by atoms with E-state index in [0.717, 1.165) is 11.1 Å². The highest BCUT2D eigenvalue weighted by Crippen LogP contribution is 2.23. The van der Waals surface area contributed by atoms with Gasteiger partial charge in [0.25, 0.3) is 0 Å². The SMILES string of the molecule is CC(NCc1cc(F)ccc1Cl)c1ccccc1Cl. The van der Waals surface area contributed by atoms with Crippen molar-refractivity contribution in [2.24, 2.45) is 0 Å². The number of halogens is 3. The summed E-state index contributed by atoms with van der Waals surface area (Å²) in [5.74, 6) is -0.286. The van der Waals surface area contributed by atoms with Gasteiger partial charge in [-0.05, 0) is 42.3 Å². The van der Waals surface area contributed by atoms with E-state index in [4.69, 9.17) is 23.2 Å². The van der Waals surface area contributed by atoms with Crippen LogP contribution in [0.1, 0.15) is 24.1 Å². The molecule has 0 saturated heterocycles. The zero-order valence-electron chi connectivity index (χ0n) is 10.5. The molecule has 1 N–H and O–H groups in total. The fraction of sp³-hybridized carbons (Fsp3) is 0.200. The van der Waals surface area contributed by atoms with Gasteiger partial charge in [-0.25, -0.2) is 4.39 Å². The minimum Gasteiger partial charge on any atom is -0.306 e. The van der Waals surface area contributed by atoms with Gasteiger partial charge >= 0.3 is 0 Å². The highest BCUT2D eigenvalue weighted by atomic mass is 35.5. The summed E-state index contributed by atoms with van der Waals surface area (Å²) in [7, 11) is 0. The first-order chi connectivity index (χ1) is 9.08. The molecule has 4 heteroatoms. The fourth-order valence-corrected chi connectivity index (χ4v) is 2.36. The normalized spacial score (nSPS) is 12.4. The molecule has 1 unspecified atom stereocenters. The number of rotatable bonds is 4. The van der Waals surface area contributed by atoms with Crippen molar-refractivity contribution in [2.45, 2.75) is 19.5 Å². The third-order valence-corrected chi connectivity index (χ3v) is 3.69. The van der Waals surface area contributed by atoms with E-state index in [-0.39, 0.29) is 11.9 Å². The van der Waals surface area contributed by atoms with Gasteiger partial charge in [0.1, 0.15) is 5.82 Å². The van der Waals surface area contributed by atoms with Crippen molar-refractivity contribution in [1.82, 2.24) is 5.32 Å². The van der Waals surface area contributed by atoms with E-state index in [1.807, 2.05) is 31.2 Å². The molecular weight excluding hydrogens is 284 g/mol. The quantitative estimate of drug-likeness (QED) is 0.839. The largest absolute Gasteiger partial charge is 0.306 e. The van der Waals surface area contributed by atoms with E-state index in [0.29, 0.717) is 16.6 Å². The first-order valence-electron chi connectivity index (χ1n) is 5.99. The molecule has 0 aliphatic carbocycles. The second-order valence-corrected chi connectivity index (χ2v) is 5.17. The lowest BCUT2D eigenvalue weighted by Crippen LogP contribution is -2.18. The molecule has 0 aliphatic rings. The van der Waals surface area contributed by atoms with Crippen molar-refractivity contribution in [3.8, 4) is 0 Å². The molecule has 2 aromatic carbocycles. The van der Waals surface area contributed by atoms with Gasteiger partial charge in [-0.3, -0.25) is 0 Å². The number of benzene rings is 2.